The Morgan fingerprint density at radius 1 is 1.03 bits per heavy atom. The van der Waals surface area contributed by atoms with Crippen molar-refractivity contribution in [3.05, 3.63) is 94.9 Å². The Bertz CT molecular complexity index is 1210. The van der Waals surface area contributed by atoms with E-state index in [4.69, 9.17) is 4.42 Å². The Hall–Kier alpha value is -3.80. The fraction of sp³-hybridized carbons (Fsp3) is 0.167. The molecule has 2 aromatic heterocycles. The van der Waals surface area contributed by atoms with Gasteiger partial charge in [0.2, 0.25) is 0 Å². The van der Waals surface area contributed by atoms with Crippen LogP contribution in [0.4, 0.5) is 5.69 Å². The molecule has 0 bridgehead atoms. The van der Waals surface area contributed by atoms with Gasteiger partial charge < -0.3 is 14.6 Å². The highest BCUT2D eigenvalue weighted by atomic mass is 16.3. The average molecular weight is 398 g/mol. The molecule has 5 rings (SSSR count). The second kappa shape index (κ2) is 7.22. The van der Waals surface area contributed by atoms with Crippen molar-refractivity contribution < 1.29 is 9.21 Å². The number of para-hydroxylation sites is 1. The Balaban J connectivity index is 1.59. The van der Waals surface area contributed by atoms with Crippen LogP contribution in [-0.2, 0) is 6.54 Å². The fourth-order valence-electron chi connectivity index (χ4n) is 3.86. The van der Waals surface area contributed by atoms with E-state index in [1.165, 1.54) is 5.56 Å². The minimum atomic E-state index is -0.382. The predicted molar refractivity (Wildman–Crippen MR) is 115 cm³/mol. The third-order valence-electron chi connectivity index (χ3n) is 5.45. The summed E-state index contributed by atoms with van der Waals surface area (Å²) in [4.78, 5) is 15.3. The monoisotopic (exact) mass is 398 g/mol. The number of H-pyrrole nitrogens is 1. The lowest BCUT2D eigenvalue weighted by Crippen LogP contribution is -2.42. The smallest absolute Gasteiger partial charge is 0.258 e. The van der Waals surface area contributed by atoms with Crippen LogP contribution in [0.25, 0.3) is 11.5 Å². The van der Waals surface area contributed by atoms with Gasteiger partial charge in [0.15, 0.2) is 5.76 Å². The highest BCUT2D eigenvalue weighted by Crippen LogP contribution is 2.37. The molecule has 1 amide bonds. The lowest BCUT2D eigenvalue weighted by atomic mass is 10.0. The van der Waals surface area contributed by atoms with E-state index in [1.54, 1.807) is 6.20 Å². The average Bonchev–Trinajstić information content (AvgIpc) is 3.40. The van der Waals surface area contributed by atoms with Gasteiger partial charge in [-0.25, -0.2) is 0 Å². The van der Waals surface area contributed by atoms with Crippen LogP contribution in [0.1, 0.15) is 39.0 Å². The number of carbonyl (C=O) groups is 1. The summed E-state index contributed by atoms with van der Waals surface area (Å²) in [5.41, 5.74) is 5.37. The number of carbonyl (C=O) groups excluding carboxylic acids is 1. The number of aromatic amines is 1. The first-order valence-corrected chi connectivity index (χ1v) is 9.92. The zero-order valence-electron chi connectivity index (χ0n) is 16.8. The third-order valence-corrected chi connectivity index (χ3v) is 5.45. The number of furan rings is 1. The van der Waals surface area contributed by atoms with E-state index in [2.05, 4.69) is 46.7 Å². The lowest BCUT2D eigenvalue weighted by molar-refractivity contribution is 0.0667. The maximum absolute atomic E-state index is 13.5. The first kappa shape index (κ1) is 18.2. The van der Waals surface area contributed by atoms with Gasteiger partial charge in [-0.3, -0.25) is 9.89 Å². The van der Waals surface area contributed by atoms with Crippen LogP contribution in [0.2, 0.25) is 0 Å². The van der Waals surface area contributed by atoms with E-state index in [0.717, 1.165) is 28.3 Å². The molecule has 3 heterocycles. The lowest BCUT2D eigenvalue weighted by Gasteiger charge is -2.38. The first-order valence-electron chi connectivity index (χ1n) is 9.92. The van der Waals surface area contributed by atoms with Crippen molar-refractivity contribution in [1.82, 2.24) is 15.1 Å². The number of aromatic nitrogens is 2. The van der Waals surface area contributed by atoms with Crippen LogP contribution in [0.3, 0.4) is 0 Å². The molecule has 0 spiro atoms. The zero-order valence-corrected chi connectivity index (χ0v) is 16.8. The highest BCUT2D eigenvalue weighted by Gasteiger charge is 2.35. The fourth-order valence-corrected chi connectivity index (χ4v) is 3.86. The second-order valence-electron chi connectivity index (χ2n) is 7.62. The summed E-state index contributed by atoms with van der Waals surface area (Å²) in [5.74, 6) is 1.50. The van der Waals surface area contributed by atoms with Crippen molar-refractivity contribution in [2.24, 2.45) is 0 Å². The number of hydrogen-bond donors (Lipinski definition) is 2. The molecule has 0 fully saturated rings. The predicted octanol–water partition coefficient (Wildman–Crippen LogP) is 5.05. The number of amides is 1. The van der Waals surface area contributed by atoms with Gasteiger partial charge >= 0.3 is 0 Å². The standard InChI is InChI=1S/C24H22N4O2/c1-15-7-10-17(11-8-15)14-28-23(26-20-6-4-3-5-18(20)24(28)29)19-13-25-27-22(19)21-12-9-16(2)30-21/h3-13,23,26H,14H2,1-2H3,(H,25,27)/t23-/m0/s1. The van der Waals surface area contributed by atoms with Crippen molar-refractivity contribution in [2.45, 2.75) is 26.6 Å². The maximum Gasteiger partial charge on any atom is 0.258 e. The molecular formula is C24H22N4O2. The van der Waals surface area contributed by atoms with E-state index in [0.29, 0.717) is 17.9 Å². The number of hydrogen-bond acceptors (Lipinski definition) is 4. The molecule has 0 unspecified atom stereocenters. The van der Waals surface area contributed by atoms with Gasteiger partial charge in [-0.2, -0.15) is 5.10 Å². The largest absolute Gasteiger partial charge is 0.460 e. The number of nitrogens with one attached hydrogen (secondary N) is 2. The van der Waals surface area contributed by atoms with E-state index >= 15 is 0 Å². The summed E-state index contributed by atoms with van der Waals surface area (Å²) in [6, 6.07) is 19.7. The van der Waals surface area contributed by atoms with Crippen LogP contribution >= 0.6 is 0 Å². The molecule has 0 radical (unpaired) electrons. The summed E-state index contributed by atoms with van der Waals surface area (Å²) in [6.45, 7) is 4.44. The van der Waals surface area contributed by atoms with Crippen molar-refractivity contribution in [2.75, 3.05) is 5.32 Å². The molecular weight excluding hydrogens is 376 g/mol. The Labute approximate surface area is 174 Å². The van der Waals surface area contributed by atoms with Gasteiger partial charge in [0, 0.05) is 17.8 Å². The van der Waals surface area contributed by atoms with Gasteiger partial charge in [-0.1, -0.05) is 42.0 Å². The SMILES string of the molecule is Cc1ccc(CN2C(=O)c3ccccc3N[C@@H]2c2cn[nH]c2-c2ccc(C)o2)cc1. The summed E-state index contributed by atoms with van der Waals surface area (Å²) in [5, 5.41) is 10.8. The third kappa shape index (κ3) is 3.16. The van der Waals surface area contributed by atoms with E-state index in [1.807, 2.05) is 48.2 Å². The van der Waals surface area contributed by atoms with Crippen molar-refractivity contribution >= 4 is 11.6 Å². The van der Waals surface area contributed by atoms with Gasteiger partial charge in [0.1, 0.15) is 17.6 Å². The van der Waals surface area contributed by atoms with E-state index in [-0.39, 0.29) is 12.1 Å². The molecule has 30 heavy (non-hydrogen) atoms. The summed E-state index contributed by atoms with van der Waals surface area (Å²) in [7, 11) is 0. The van der Waals surface area contributed by atoms with Gasteiger partial charge in [0.25, 0.3) is 5.91 Å². The van der Waals surface area contributed by atoms with Crippen LogP contribution < -0.4 is 5.32 Å². The molecule has 6 heteroatoms. The first-order chi connectivity index (χ1) is 14.6. The Morgan fingerprint density at radius 2 is 1.83 bits per heavy atom. The Morgan fingerprint density at radius 3 is 2.60 bits per heavy atom. The summed E-state index contributed by atoms with van der Waals surface area (Å²) in [6.07, 6.45) is 1.38. The summed E-state index contributed by atoms with van der Waals surface area (Å²) < 4.78 is 5.82. The molecule has 6 nitrogen and oxygen atoms in total. The highest BCUT2D eigenvalue weighted by molar-refractivity contribution is 6.01. The van der Waals surface area contributed by atoms with E-state index < -0.39 is 0 Å². The van der Waals surface area contributed by atoms with Gasteiger partial charge in [0.05, 0.1) is 11.8 Å². The minimum absolute atomic E-state index is 0.0160. The van der Waals surface area contributed by atoms with Gasteiger partial charge in [-0.05, 0) is 43.7 Å². The number of aryl methyl sites for hydroxylation is 2. The molecule has 0 saturated heterocycles. The molecule has 4 aromatic rings. The number of rotatable bonds is 4. The van der Waals surface area contributed by atoms with Crippen LogP contribution in [-0.4, -0.2) is 21.0 Å². The number of fused-ring (bicyclic) bond motifs is 1. The Kier molecular flexibility index (Phi) is 4.39. The maximum atomic E-state index is 13.5. The quantitative estimate of drug-likeness (QED) is 0.504. The molecule has 2 aromatic carbocycles. The topological polar surface area (TPSA) is 74.2 Å². The van der Waals surface area contributed by atoms with Crippen LogP contribution in [0.15, 0.2) is 71.3 Å². The molecule has 1 atom stereocenters. The number of nitrogens with zero attached hydrogens (tertiary/aromatic N) is 2. The molecule has 0 aliphatic carbocycles. The van der Waals surface area contributed by atoms with Crippen molar-refractivity contribution in [1.29, 1.82) is 0 Å². The number of benzene rings is 2. The molecule has 2 N–H and O–H groups in total. The van der Waals surface area contributed by atoms with E-state index in [9.17, 15) is 4.79 Å². The molecule has 150 valence electrons. The molecule has 1 aliphatic heterocycles. The zero-order chi connectivity index (χ0) is 20.7. The minimum Gasteiger partial charge on any atom is -0.460 e. The second-order valence-corrected chi connectivity index (χ2v) is 7.62. The molecule has 0 saturated carbocycles. The van der Waals surface area contributed by atoms with Crippen LogP contribution in [0, 0.1) is 13.8 Å². The molecule has 1 aliphatic rings. The van der Waals surface area contributed by atoms with Crippen molar-refractivity contribution in [3.8, 4) is 11.5 Å². The van der Waals surface area contributed by atoms with Crippen molar-refractivity contribution in [3.63, 3.8) is 0 Å². The number of anilines is 1. The van der Waals surface area contributed by atoms with Gasteiger partial charge in [-0.15, -0.1) is 0 Å². The normalized spacial score (nSPS) is 15.7. The summed E-state index contributed by atoms with van der Waals surface area (Å²) >= 11 is 0. The van der Waals surface area contributed by atoms with Crippen LogP contribution in [0.5, 0.6) is 0 Å².